The fourth-order valence-corrected chi connectivity index (χ4v) is 4.02. The molecule has 0 saturated heterocycles. The van der Waals surface area contributed by atoms with Crippen LogP contribution in [-0.4, -0.2) is 25.5 Å². The lowest BCUT2D eigenvalue weighted by Gasteiger charge is -2.24. The van der Waals surface area contributed by atoms with Gasteiger partial charge in [0, 0.05) is 22.8 Å². The zero-order chi connectivity index (χ0) is 26.4. The zero-order valence-electron chi connectivity index (χ0n) is 21.1. The van der Waals surface area contributed by atoms with Crippen LogP contribution in [0.3, 0.4) is 0 Å². The molecule has 0 unspecified atom stereocenters. The predicted molar refractivity (Wildman–Crippen MR) is 138 cm³/mol. The molecule has 184 valence electrons. The van der Waals surface area contributed by atoms with Crippen LogP contribution in [0, 0.1) is 17.1 Å². The van der Waals surface area contributed by atoms with Crippen LogP contribution in [0.4, 0.5) is 15.8 Å². The molecule has 0 bridgehead atoms. The van der Waals surface area contributed by atoms with Crippen molar-refractivity contribution in [3.05, 3.63) is 76.5 Å². The molecule has 1 aliphatic rings. The van der Waals surface area contributed by atoms with Crippen molar-refractivity contribution in [3.63, 3.8) is 0 Å². The third-order valence-electron chi connectivity index (χ3n) is 5.70. The summed E-state index contributed by atoms with van der Waals surface area (Å²) in [4.78, 5) is 4.39. The molecule has 1 saturated carbocycles. The maximum atomic E-state index is 13.7. The summed E-state index contributed by atoms with van der Waals surface area (Å²) >= 11 is 6.64. The Morgan fingerprint density at radius 1 is 1.25 bits per heavy atom. The van der Waals surface area contributed by atoms with Gasteiger partial charge in [0.1, 0.15) is 17.6 Å². The molecule has 1 atom stereocenters. The lowest BCUT2D eigenvalue weighted by molar-refractivity contribution is 0.466. The first-order chi connectivity index (χ1) is 17.6. The van der Waals surface area contributed by atoms with Crippen molar-refractivity contribution in [3.8, 4) is 6.07 Å². The maximum Gasteiger partial charge on any atom is 0.123 e. The van der Waals surface area contributed by atoms with Crippen LogP contribution in [0.2, 0.25) is 5.02 Å². The highest BCUT2D eigenvalue weighted by Crippen LogP contribution is 2.37. The van der Waals surface area contributed by atoms with E-state index in [2.05, 4.69) is 37.5 Å². The zero-order valence-corrected chi connectivity index (χ0v) is 20.9. The fourth-order valence-electron chi connectivity index (χ4n) is 3.75. The second kappa shape index (κ2) is 9.37. The standard InChI is InChI=1S/C26H26ClFN8/c1-26(2,3)34-33-23-16(12-29)13-30-25-20(23)10-18(11-21(25)27)31-24(15-4-6-17(28)7-5-15)22-14-36(35-32-22)19-8-9-19/h4-7,10-11,13-14,19,24,31,34H,8-9H2,1-3H3,(H,30,33)/t24-/m1/s1/i24D. The van der Waals surface area contributed by atoms with E-state index in [1.807, 2.05) is 20.8 Å². The molecule has 36 heavy (non-hydrogen) atoms. The van der Waals surface area contributed by atoms with Gasteiger partial charge < -0.3 is 10.7 Å². The van der Waals surface area contributed by atoms with E-state index in [0.717, 1.165) is 12.8 Å². The minimum absolute atomic E-state index is 0.283. The Labute approximate surface area is 214 Å². The SMILES string of the molecule is [2H][C@@](Nc1cc(Cl)c2ncc(C#N)c(NNC(C)(C)C)c2c1)(c1ccc(F)cc1)c1cn(C2CC2)nn1. The molecule has 2 aromatic carbocycles. The molecular formula is C26H26ClFN8. The van der Waals surface area contributed by atoms with Crippen molar-refractivity contribution >= 4 is 33.9 Å². The van der Waals surface area contributed by atoms with E-state index >= 15 is 0 Å². The second-order valence-electron chi connectivity index (χ2n) is 9.83. The highest BCUT2D eigenvalue weighted by molar-refractivity contribution is 6.35. The maximum absolute atomic E-state index is 13.7. The molecule has 5 rings (SSSR count). The second-order valence-corrected chi connectivity index (χ2v) is 10.2. The van der Waals surface area contributed by atoms with Gasteiger partial charge in [0.25, 0.3) is 0 Å². The van der Waals surface area contributed by atoms with Crippen LogP contribution < -0.4 is 16.2 Å². The number of benzene rings is 2. The number of fused-ring (bicyclic) bond motifs is 1. The Kier molecular flexibility index (Phi) is 5.91. The molecule has 8 nitrogen and oxygen atoms in total. The van der Waals surface area contributed by atoms with Crippen LogP contribution in [0.1, 0.15) is 63.9 Å². The minimum Gasteiger partial charge on any atom is -0.373 e. The predicted octanol–water partition coefficient (Wildman–Crippen LogP) is 5.74. The molecule has 0 amide bonds. The van der Waals surface area contributed by atoms with Gasteiger partial charge in [-0.25, -0.2) is 14.5 Å². The fraction of sp³-hybridized carbons (Fsp3) is 0.308. The number of nitrogens with one attached hydrogen (secondary N) is 3. The molecule has 10 heteroatoms. The molecule has 3 N–H and O–H groups in total. The number of pyridine rings is 1. The molecule has 2 aromatic heterocycles. The number of hydrazine groups is 1. The van der Waals surface area contributed by atoms with Gasteiger partial charge in [-0.3, -0.25) is 4.98 Å². The summed E-state index contributed by atoms with van der Waals surface area (Å²) in [5.74, 6) is -0.404. The summed E-state index contributed by atoms with van der Waals surface area (Å²) in [5.41, 5.74) is 8.73. The van der Waals surface area contributed by atoms with Crippen molar-refractivity contribution in [2.75, 3.05) is 10.7 Å². The topological polar surface area (TPSA) is 103 Å². The van der Waals surface area contributed by atoms with E-state index in [1.165, 1.54) is 18.3 Å². The molecular weight excluding hydrogens is 479 g/mol. The largest absolute Gasteiger partial charge is 0.373 e. The van der Waals surface area contributed by atoms with Gasteiger partial charge in [0.05, 0.1) is 41.4 Å². The van der Waals surface area contributed by atoms with Gasteiger partial charge in [0.15, 0.2) is 0 Å². The molecule has 4 aromatic rings. The Bertz CT molecular complexity index is 1500. The average molecular weight is 506 g/mol. The summed E-state index contributed by atoms with van der Waals surface area (Å²) in [6.07, 6.45) is 5.26. The average Bonchev–Trinajstić information content (AvgIpc) is 3.58. The summed E-state index contributed by atoms with van der Waals surface area (Å²) < 4.78 is 25.0. The Morgan fingerprint density at radius 2 is 2.00 bits per heavy atom. The highest BCUT2D eigenvalue weighted by Gasteiger charge is 2.27. The summed E-state index contributed by atoms with van der Waals surface area (Å²) in [6, 6.07) is 10.0. The summed E-state index contributed by atoms with van der Waals surface area (Å²) in [5, 5.41) is 22.4. The minimum atomic E-state index is -1.60. The van der Waals surface area contributed by atoms with Crippen LogP contribution in [-0.2, 0) is 0 Å². The number of rotatable bonds is 7. The Balaban J connectivity index is 1.62. The Hall–Kier alpha value is -3.74. The quantitative estimate of drug-likeness (QED) is 0.275. The Morgan fingerprint density at radius 3 is 2.67 bits per heavy atom. The van der Waals surface area contributed by atoms with Crippen LogP contribution >= 0.6 is 11.6 Å². The molecule has 1 aliphatic carbocycles. The number of aromatic nitrogens is 4. The van der Waals surface area contributed by atoms with Crippen molar-refractivity contribution in [2.45, 2.75) is 51.2 Å². The molecule has 0 spiro atoms. The third kappa shape index (κ3) is 5.10. The first kappa shape index (κ1) is 22.7. The number of anilines is 2. The lowest BCUT2D eigenvalue weighted by atomic mass is 10.0. The number of nitriles is 1. The lowest BCUT2D eigenvalue weighted by Crippen LogP contribution is -2.40. The van der Waals surface area contributed by atoms with Crippen molar-refractivity contribution in [1.82, 2.24) is 25.4 Å². The number of hydrogen-bond acceptors (Lipinski definition) is 7. The summed E-state index contributed by atoms with van der Waals surface area (Å²) in [7, 11) is 0. The van der Waals surface area contributed by atoms with E-state index in [-0.39, 0.29) is 11.6 Å². The van der Waals surface area contributed by atoms with Gasteiger partial charge in [-0.1, -0.05) is 28.9 Å². The van der Waals surface area contributed by atoms with Gasteiger partial charge in [-0.05, 0) is 63.4 Å². The van der Waals surface area contributed by atoms with Gasteiger partial charge in [-0.15, -0.1) is 5.10 Å². The van der Waals surface area contributed by atoms with E-state index in [4.69, 9.17) is 11.6 Å². The summed E-state index contributed by atoms with van der Waals surface area (Å²) in [6.45, 7) is 5.96. The van der Waals surface area contributed by atoms with E-state index < -0.39 is 11.8 Å². The van der Waals surface area contributed by atoms with Gasteiger partial charge in [-0.2, -0.15) is 5.26 Å². The van der Waals surface area contributed by atoms with E-state index in [9.17, 15) is 11.0 Å². The van der Waals surface area contributed by atoms with Crippen LogP contribution in [0.25, 0.3) is 10.9 Å². The number of halogens is 2. The van der Waals surface area contributed by atoms with Crippen LogP contribution in [0.5, 0.6) is 0 Å². The monoisotopic (exact) mass is 505 g/mol. The molecule has 0 aliphatic heterocycles. The highest BCUT2D eigenvalue weighted by atomic mass is 35.5. The molecule has 2 heterocycles. The van der Waals surface area contributed by atoms with Crippen molar-refractivity contribution in [1.29, 1.82) is 5.26 Å². The molecule has 0 radical (unpaired) electrons. The van der Waals surface area contributed by atoms with Crippen molar-refractivity contribution in [2.24, 2.45) is 0 Å². The van der Waals surface area contributed by atoms with E-state index in [1.54, 1.807) is 35.1 Å². The van der Waals surface area contributed by atoms with Crippen LogP contribution in [0.15, 0.2) is 48.8 Å². The van der Waals surface area contributed by atoms with Gasteiger partial charge >= 0.3 is 0 Å². The number of nitrogens with zero attached hydrogens (tertiary/aromatic N) is 5. The van der Waals surface area contributed by atoms with Crippen molar-refractivity contribution < 1.29 is 5.76 Å². The normalized spacial score (nSPS) is 15.7. The first-order valence-corrected chi connectivity index (χ1v) is 12.0. The van der Waals surface area contributed by atoms with E-state index in [0.29, 0.717) is 44.1 Å². The molecule has 1 fully saturated rings. The first-order valence-electron chi connectivity index (χ1n) is 12.1. The number of hydrogen-bond donors (Lipinski definition) is 3. The third-order valence-corrected chi connectivity index (χ3v) is 5.99. The smallest absolute Gasteiger partial charge is 0.123 e. The van der Waals surface area contributed by atoms with Gasteiger partial charge in [0.2, 0.25) is 0 Å².